The van der Waals surface area contributed by atoms with Crippen LogP contribution in [-0.2, 0) is 19.1 Å². The number of carbonyl (C=O) groups is 2. The number of carbonyl (C=O) groups excluding carboxylic acids is 2. The van der Waals surface area contributed by atoms with Gasteiger partial charge in [-0.05, 0) is 109 Å². The topological polar surface area (TPSA) is 72.8 Å². The number of hydrogen-bond donors (Lipinski definition) is 1. The van der Waals surface area contributed by atoms with Crippen LogP contribution in [0.4, 0.5) is 0 Å². The first-order valence-electron chi connectivity index (χ1n) is 24.7. The van der Waals surface area contributed by atoms with Crippen LogP contribution >= 0.6 is 0 Å². The van der Waals surface area contributed by atoms with E-state index in [1.54, 1.807) is 0 Å². The van der Waals surface area contributed by atoms with E-state index in [0.717, 1.165) is 122 Å². The van der Waals surface area contributed by atoms with E-state index in [1.165, 1.54) is 44.9 Å². The van der Waals surface area contributed by atoms with Gasteiger partial charge >= 0.3 is 11.9 Å². The van der Waals surface area contributed by atoms with Gasteiger partial charge in [-0.3, -0.25) is 9.59 Å². The second-order valence-corrected chi connectivity index (χ2v) is 15.8. The van der Waals surface area contributed by atoms with Gasteiger partial charge in [-0.15, -0.1) is 0 Å². The molecule has 0 spiro atoms. The van der Waals surface area contributed by atoms with Crippen molar-refractivity contribution in [3.63, 3.8) is 0 Å². The Morgan fingerprint density at radius 1 is 0.371 bits per heavy atom. The Hall–Kier alpha value is -3.96. The van der Waals surface area contributed by atoms with Crippen LogP contribution in [-0.4, -0.2) is 36.4 Å². The lowest BCUT2D eigenvalue weighted by molar-refractivity contribution is -0.161. The summed E-state index contributed by atoms with van der Waals surface area (Å²) in [6.45, 7) is 3.87. The number of hydrogen-bond acceptors (Lipinski definition) is 5. The summed E-state index contributed by atoms with van der Waals surface area (Å²) in [6, 6.07) is 0. The Kier molecular flexibility index (Phi) is 48.1. The normalized spacial score (nSPS) is 13.4. The predicted octanol–water partition coefficient (Wildman–Crippen LogP) is 16.5. The van der Waals surface area contributed by atoms with Crippen molar-refractivity contribution in [3.8, 4) is 0 Å². The third-order valence-electron chi connectivity index (χ3n) is 9.94. The molecule has 0 aliphatic carbocycles. The first-order chi connectivity index (χ1) is 30.6. The van der Waals surface area contributed by atoms with Crippen molar-refractivity contribution in [3.05, 3.63) is 134 Å². The van der Waals surface area contributed by atoms with Crippen LogP contribution in [0.1, 0.15) is 194 Å². The van der Waals surface area contributed by atoms with Crippen molar-refractivity contribution < 1.29 is 24.2 Å². The van der Waals surface area contributed by atoms with Crippen molar-refractivity contribution in [2.75, 3.05) is 13.2 Å². The van der Waals surface area contributed by atoms with Gasteiger partial charge in [0.25, 0.3) is 0 Å². The summed E-state index contributed by atoms with van der Waals surface area (Å²) in [5.41, 5.74) is 0. The average molecular weight is 855 g/mol. The fourth-order valence-corrected chi connectivity index (χ4v) is 6.29. The van der Waals surface area contributed by atoms with Crippen molar-refractivity contribution >= 4 is 11.9 Å². The Morgan fingerprint density at radius 2 is 0.645 bits per heavy atom. The van der Waals surface area contributed by atoms with Crippen LogP contribution in [0.3, 0.4) is 0 Å². The molecule has 0 aromatic heterocycles. The van der Waals surface area contributed by atoms with Crippen LogP contribution in [0.2, 0.25) is 0 Å². The van der Waals surface area contributed by atoms with Gasteiger partial charge < -0.3 is 14.6 Å². The van der Waals surface area contributed by atoms with Crippen LogP contribution in [0.5, 0.6) is 0 Å². The Bertz CT molecular complexity index is 1330. The number of aliphatic hydroxyl groups excluding tert-OH is 1. The summed E-state index contributed by atoms with van der Waals surface area (Å²) in [6.07, 6.45) is 76.7. The zero-order valence-corrected chi connectivity index (χ0v) is 39.6. The molecule has 0 rings (SSSR count). The van der Waals surface area contributed by atoms with Gasteiger partial charge in [-0.2, -0.15) is 0 Å². The zero-order valence-electron chi connectivity index (χ0n) is 39.6. The predicted molar refractivity (Wildman–Crippen MR) is 269 cm³/mol. The molecule has 1 unspecified atom stereocenters. The van der Waals surface area contributed by atoms with E-state index in [0.29, 0.717) is 12.8 Å². The van der Waals surface area contributed by atoms with Gasteiger partial charge in [0.15, 0.2) is 6.10 Å². The zero-order chi connectivity index (χ0) is 44.9. The highest BCUT2D eigenvalue weighted by Crippen LogP contribution is 2.13. The van der Waals surface area contributed by atoms with Gasteiger partial charge in [-0.1, -0.05) is 205 Å². The fraction of sp³-hybridized carbons (Fsp3) is 0.579. The average Bonchev–Trinajstić information content (AvgIpc) is 3.28. The van der Waals surface area contributed by atoms with Gasteiger partial charge in [0, 0.05) is 12.8 Å². The van der Waals surface area contributed by atoms with E-state index in [2.05, 4.69) is 148 Å². The Morgan fingerprint density at radius 3 is 0.968 bits per heavy atom. The third-order valence-corrected chi connectivity index (χ3v) is 9.94. The molecule has 0 aliphatic heterocycles. The van der Waals surface area contributed by atoms with E-state index in [9.17, 15) is 14.7 Å². The lowest BCUT2D eigenvalue weighted by Crippen LogP contribution is -2.28. The summed E-state index contributed by atoms with van der Waals surface area (Å²) in [7, 11) is 0. The lowest BCUT2D eigenvalue weighted by Gasteiger charge is -2.15. The second-order valence-electron chi connectivity index (χ2n) is 15.8. The summed E-state index contributed by atoms with van der Waals surface area (Å²) >= 11 is 0. The van der Waals surface area contributed by atoms with Crippen molar-refractivity contribution in [1.82, 2.24) is 0 Å². The standard InChI is InChI=1S/C57H90O5/c1-3-5-7-9-11-13-15-17-19-21-23-25-27-28-30-31-33-35-37-39-41-43-45-47-49-51-56(59)61-54-55(53-58)62-57(60)52-50-48-46-44-42-40-38-36-34-32-29-26-24-22-20-18-16-14-12-10-8-6-4-2/h5-8,11-14,17-20,23-26,28,30,32,34,38,40,55,58H,3-4,9-10,15-16,21-22,27,29,31,33,35-37,39,41-54H2,1-2H3/b7-5-,8-6-,13-11-,14-12-,19-17-,20-18-,25-23-,26-24-,30-28-,34-32-,40-38-. The molecular weight excluding hydrogens is 765 g/mol. The molecule has 348 valence electrons. The minimum atomic E-state index is -0.799. The SMILES string of the molecule is CC/C=C\C/C=C\C/C=C\C/C=C\C/C=C\C/C=C\CCCCCCC(=O)OC(CO)COC(=O)CCCCCCCCCCC/C=C\C/C=C\C/C=C\C/C=C\C/C=C\CC. The highest BCUT2D eigenvalue weighted by molar-refractivity contribution is 5.70. The van der Waals surface area contributed by atoms with E-state index in [4.69, 9.17) is 9.47 Å². The maximum atomic E-state index is 12.3. The minimum Gasteiger partial charge on any atom is -0.462 e. The van der Waals surface area contributed by atoms with Crippen LogP contribution in [0.25, 0.3) is 0 Å². The maximum absolute atomic E-state index is 12.3. The molecular formula is C57H90O5. The van der Waals surface area contributed by atoms with Crippen LogP contribution < -0.4 is 0 Å². The summed E-state index contributed by atoms with van der Waals surface area (Å²) < 4.78 is 10.7. The van der Waals surface area contributed by atoms with Crippen LogP contribution in [0, 0.1) is 0 Å². The highest BCUT2D eigenvalue weighted by atomic mass is 16.6. The highest BCUT2D eigenvalue weighted by Gasteiger charge is 2.16. The Balaban J connectivity index is 3.64. The van der Waals surface area contributed by atoms with Gasteiger partial charge in [0.05, 0.1) is 6.61 Å². The molecule has 0 bridgehead atoms. The first kappa shape index (κ1) is 58.0. The van der Waals surface area contributed by atoms with E-state index in [1.807, 2.05) is 0 Å². The molecule has 1 atom stereocenters. The molecule has 0 aromatic rings. The minimum absolute atomic E-state index is 0.0892. The number of ether oxygens (including phenoxy) is 2. The van der Waals surface area contributed by atoms with E-state index < -0.39 is 6.10 Å². The molecule has 62 heavy (non-hydrogen) atoms. The largest absolute Gasteiger partial charge is 0.462 e. The third kappa shape index (κ3) is 48.7. The van der Waals surface area contributed by atoms with Crippen molar-refractivity contribution in [2.45, 2.75) is 200 Å². The molecule has 0 aromatic carbocycles. The van der Waals surface area contributed by atoms with Crippen molar-refractivity contribution in [2.24, 2.45) is 0 Å². The first-order valence-corrected chi connectivity index (χ1v) is 24.7. The molecule has 0 amide bonds. The lowest BCUT2D eigenvalue weighted by atomic mass is 10.1. The second kappa shape index (κ2) is 51.4. The molecule has 5 heteroatoms. The van der Waals surface area contributed by atoms with Crippen molar-refractivity contribution in [1.29, 1.82) is 0 Å². The quantitative estimate of drug-likeness (QED) is 0.0376. The molecule has 1 N–H and O–H groups in total. The maximum Gasteiger partial charge on any atom is 0.306 e. The molecule has 0 saturated carbocycles. The van der Waals surface area contributed by atoms with Gasteiger partial charge in [-0.25, -0.2) is 0 Å². The number of rotatable bonds is 43. The Labute approximate surface area is 381 Å². The molecule has 5 nitrogen and oxygen atoms in total. The molecule has 0 radical (unpaired) electrons. The summed E-state index contributed by atoms with van der Waals surface area (Å²) in [5, 5.41) is 9.62. The van der Waals surface area contributed by atoms with E-state index in [-0.39, 0.29) is 25.2 Å². The van der Waals surface area contributed by atoms with Crippen LogP contribution in [0.15, 0.2) is 134 Å². The number of unbranched alkanes of at least 4 members (excludes halogenated alkanes) is 13. The van der Waals surface area contributed by atoms with Gasteiger partial charge in [0.1, 0.15) is 6.61 Å². The fourth-order valence-electron chi connectivity index (χ4n) is 6.29. The summed E-state index contributed by atoms with van der Waals surface area (Å²) in [5.74, 6) is -0.638. The number of esters is 2. The summed E-state index contributed by atoms with van der Waals surface area (Å²) in [4.78, 5) is 24.4. The molecule has 0 aliphatic rings. The smallest absolute Gasteiger partial charge is 0.306 e. The molecule has 0 fully saturated rings. The molecule has 0 saturated heterocycles. The van der Waals surface area contributed by atoms with Gasteiger partial charge in [0.2, 0.25) is 0 Å². The number of aliphatic hydroxyl groups is 1. The number of allylic oxidation sites excluding steroid dienone is 22. The van der Waals surface area contributed by atoms with E-state index >= 15 is 0 Å². The molecule has 0 heterocycles. The monoisotopic (exact) mass is 855 g/mol.